The predicted molar refractivity (Wildman–Crippen MR) is 64.1 cm³/mol. The number of hydrogen-bond acceptors (Lipinski definition) is 2. The summed E-state index contributed by atoms with van der Waals surface area (Å²) in [6.45, 7) is 7.32. The van der Waals surface area contributed by atoms with Gasteiger partial charge in [0.1, 0.15) is 0 Å². The van der Waals surface area contributed by atoms with Crippen molar-refractivity contribution >= 4 is 11.7 Å². The van der Waals surface area contributed by atoms with Crippen molar-refractivity contribution in [3.05, 3.63) is 0 Å². The lowest BCUT2D eigenvalue weighted by Gasteiger charge is -2.16. The summed E-state index contributed by atoms with van der Waals surface area (Å²) in [6.07, 6.45) is 3.44. The zero-order valence-corrected chi connectivity index (χ0v) is 10.7. The molecule has 1 fully saturated rings. The van der Waals surface area contributed by atoms with Gasteiger partial charge in [-0.15, -0.1) is 0 Å². The van der Waals surface area contributed by atoms with E-state index in [1.165, 1.54) is 0 Å². The highest BCUT2D eigenvalue weighted by Gasteiger charge is 2.29. The lowest BCUT2D eigenvalue weighted by Crippen LogP contribution is -2.31. The van der Waals surface area contributed by atoms with E-state index in [9.17, 15) is 9.59 Å². The molecular weight excluding hydrogens is 202 g/mol. The summed E-state index contributed by atoms with van der Waals surface area (Å²) >= 11 is 0. The largest absolute Gasteiger partial charge is 0.335 e. The third-order valence-electron chi connectivity index (χ3n) is 2.99. The highest BCUT2D eigenvalue weighted by molar-refractivity contribution is 5.87. The van der Waals surface area contributed by atoms with Crippen LogP contribution in [0, 0.1) is 11.8 Å². The Balaban J connectivity index is 2.38. The minimum Gasteiger partial charge on any atom is -0.335 e. The maximum absolute atomic E-state index is 11.7. The number of carbonyl (C=O) groups excluding carboxylic acids is 2. The molecule has 1 unspecified atom stereocenters. The molecule has 0 saturated carbocycles. The molecule has 3 heteroatoms. The van der Waals surface area contributed by atoms with E-state index in [0.29, 0.717) is 31.2 Å². The number of rotatable bonds is 6. The van der Waals surface area contributed by atoms with Gasteiger partial charge in [-0.2, -0.15) is 0 Å². The Bertz CT molecular complexity index is 261. The maximum atomic E-state index is 11.7. The zero-order valence-electron chi connectivity index (χ0n) is 10.7. The second kappa shape index (κ2) is 6.02. The molecule has 0 spiro atoms. The van der Waals surface area contributed by atoms with Crippen LogP contribution in [0.1, 0.15) is 46.5 Å². The number of ketones is 1. The molecule has 1 aliphatic rings. The van der Waals surface area contributed by atoms with Gasteiger partial charge in [0.25, 0.3) is 0 Å². The summed E-state index contributed by atoms with van der Waals surface area (Å²) in [7, 11) is 0. The molecule has 0 N–H and O–H groups in total. The molecule has 16 heavy (non-hydrogen) atoms. The summed E-state index contributed by atoms with van der Waals surface area (Å²) < 4.78 is 0. The van der Waals surface area contributed by atoms with Gasteiger partial charge in [-0.05, 0) is 18.3 Å². The topological polar surface area (TPSA) is 37.4 Å². The second-order valence-corrected chi connectivity index (χ2v) is 5.27. The number of hydrogen-bond donors (Lipinski definition) is 0. The summed E-state index contributed by atoms with van der Waals surface area (Å²) in [4.78, 5) is 25.0. The van der Waals surface area contributed by atoms with Crippen LogP contribution in [0.15, 0.2) is 0 Å². The molecule has 3 nitrogen and oxygen atoms in total. The average molecular weight is 225 g/mol. The highest BCUT2D eigenvalue weighted by Crippen LogP contribution is 2.22. The van der Waals surface area contributed by atoms with Gasteiger partial charge in [-0.1, -0.05) is 27.2 Å². The van der Waals surface area contributed by atoms with Crippen LogP contribution in [0.4, 0.5) is 0 Å². The molecule has 1 heterocycles. The number of amides is 1. The molecule has 0 radical (unpaired) electrons. The fourth-order valence-corrected chi connectivity index (χ4v) is 2.34. The monoisotopic (exact) mass is 225 g/mol. The van der Waals surface area contributed by atoms with E-state index >= 15 is 0 Å². The molecule has 1 amide bonds. The van der Waals surface area contributed by atoms with E-state index in [-0.39, 0.29) is 11.7 Å². The number of likely N-dealkylation sites (tertiary alicyclic amines) is 1. The fourth-order valence-electron chi connectivity index (χ4n) is 2.34. The van der Waals surface area contributed by atoms with E-state index in [1.807, 2.05) is 13.8 Å². The van der Waals surface area contributed by atoms with E-state index in [2.05, 4.69) is 6.92 Å². The first kappa shape index (κ1) is 13.2. The molecule has 0 bridgehead atoms. The van der Waals surface area contributed by atoms with Crippen molar-refractivity contribution in [1.29, 1.82) is 0 Å². The Labute approximate surface area is 98.2 Å². The third-order valence-corrected chi connectivity index (χ3v) is 2.99. The molecule has 1 saturated heterocycles. The average Bonchev–Trinajstić information content (AvgIpc) is 2.46. The Morgan fingerprint density at radius 2 is 2.19 bits per heavy atom. The quantitative estimate of drug-likeness (QED) is 0.695. The molecule has 1 atom stereocenters. The Morgan fingerprint density at radius 3 is 2.75 bits per heavy atom. The van der Waals surface area contributed by atoms with E-state index in [0.717, 1.165) is 19.4 Å². The summed E-state index contributed by atoms with van der Waals surface area (Å²) in [5.74, 6) is 1.22. The molecule has 1 rings (SSSR count). The van der Waals surface area contributed by atoms with Crippen molar-refractivity contribution in [3.8, 4) is 0 Å². The van der Waals surface area contributed by atoms with Gasteiger partial charge >= 0.3 is 0 Å². The second-order valence-electron chi connectivity index (χ2n) is 5.27. The van der Waals surface area contributed by atoms with Gasteiger partial charge in [0.05, 0.1) is 6.54 Å². The Morgan fingerprint density at radius 1 is 1.50 bits per heavy atom. The highest BCUT2D eigenvalue weighted by atomic mass is 16.2. The van der Waals surface area contributed by atoms with Crippen molar-refractivity contribution in [1.82, 2.24) is 4.90 Å². The van der Waals surface area contributed by atoms with Gasteiger partial charge in [-0.3, -0.25) is 9.59 Å². The first-order chi connectivity index (χ1) is 7.52. The molecule has 0 aromatic rings. The SMILES string of the molecule is CCCC1CC(=O)N(CC(=O)CC(C)C)C1. The fraction of sp³-hybridized carbons (Fsp3) is 0.846. The Kier molecular flexibility index (Phi) is 4.97. The normalized spacial score (nSPS) is 20.9. The van der Waals surface area contributed by atoms with Crippen LogP contribution in [0.25, 0.3) is 0 Å². The van der Waals surface area contributed by atoms with Gasteiger partial charge in [0, 0.05) is 19.4 Å². The van der Waals surface area contributed by atoms with Crippen molar-refractivity contribution in [2.24, 2.45) is 11.8 Å². The van der Waals surface area contributed by atoms with E-state index in [1.54, 1.807) is 4.90 Å². The first-order valence-corrected chi connectivity index (χ1v) is 6.32. The van der Waals surface area contributed by atoms with Gasteiger partial charge in [0.15, 0.2) is 5.78 Å². The first-order valence-electron chi connectivity index (χ1n) is 6.32. The van der Waals surface area contributed by atoms with Crippen LogP contribution in [-0.2, 0) is 9.59 Å². The minimum absolute atomic E-state index is 0.163. The molecule has 0 aliphatic carbocycles. The molecule has 0 aromatic heterocycles. The van der Waals surface area contributed by atoms with Crippen LogP contribution in [0.2, 0.25) is 0 Å². The summed E-state index contributed by atoms with van der Waals surface area (Å²) in [6, 6.07) is 0. The predicted octanol–water partition coefficient (Wildman–Crippen LogP) is 2.25. The number of Topliss-reactive ketones (excluding diaryl/α,β-unsaturated/α-hetero) is 1. The summed E-state index contributed by atoms with van der Waals surface area (Å²) in [5, 5.41) is 0. The van der Waals surface area contributed by atoms with Gasteiger partial charge in [-0.25, -0.2) is 0 Å². The van der Waals surface area contributed by atoms with Crippen molar-refractivity contribution in [3.63, 3.8) is 0 Å². The van der Waals surface area contributed by atoms with Crippen LogP contribution in [-0.4, -0.2) is 29.7 Å². The standard InChI is InChI=1S/C13H23NO2/c1-4-5-11-7-13(16)14(8-11)9-12(15)6-10(2)3/h10-11H,4-9H2,1-3H3. The van der Waals surface area contributed by atoms with Gasteiger partial charge in [0.2, 0.25) is 5.91 Å². The van der Waals surface area contributed by atoms with Crippen LogP contribution >= 0.6 is 0 Å². The minimum atomic E-state index is 0.163. The van der Waals surface area contributed by atoms with Crippen molar-refractivity contribution in [2.45, 2.75) is 46.5 Å². The summed E-state index contributed by atoms with van der Waals surface area (Å²) in [5.41, 5.74) is 0. The van der Waals surface area contributed by atoms with E-state index in [4.69, 9.17) is 0 Å². The van der Waals surface area contributed by atoms with Crippen LogP contribution < -0.4 is 0 Å². The van der Waals surface area contributed by atoms with Crippen molar-refractivity contribution < 1.29 is 9.59 Å². The molecule has 92 valence electrons. The lowest BCUT2D eigenvalue weighted by molar-refractivity contribution is -0.132. The number of carbonyl (C=O) groups is 2. The third kappa shape index (κ3) is 3.95. The van der Waals surface area contributed by atoms with Crippen molar-refractivity contribution in [2.75, 3.05) is 13.1 Å². The van der Waals surface area contributed by atoms with Gasteiger partial charge < -0.3 is 4.90 Å². The van der Waals surface area contributed by atoms with E-state index < -0.39 is 0 Å². The number of nitrogens with zero attached hydrogens (tertiary/aromatic N) is 1. The molecular formula is C13H23NO2. The smallest absolute Gasteiger partial charge is 0.223 e. The molecule has 0 aromatic carbocycles. The Hall–Kier alpha value is -0.860. The molecule has 1 aliphatic heterocycles. The zero-order chi connectivity index (χ0) is 12.1. The van der Waals surface area contributed by atoms with Crippen LogP contribution in [0.3, 0.4) is 0 Å². The lowest BCUT2D eigenvalue weighted by atomic mass is 10.0. The maximum Gasteiger partial charge on any atom is 0.223 e. The van der Waals surface area contributed by atoms with Crippen LogP contribution in [0.5, 0.6) is 0 Å².